The Hall–Kier alpha value is -0.460. The van der Waals surface area contributed by atoms with E-state index >= 15 is 0 Å². The quantitative estimate of drug-likeness (QED) is 0.829. The van der Waals surface area contributed by atoms with Crippen molar-refractivity contribution in [2.24, 2.45) is 5.41 Å². The molecule has 1 spiro atoms. The number of nitrogens with zero attached hydrogens (tertiary/aromatic N) is 2. The number of likely N-dealkylation sites (tertiary alicyclic amines) is 1. The molecule has 0 amide bonds. The second-order valence-electron chi connectivity index (χ2n) is 6.41. The van der Waals surface area contributed by atoms with Gasteiger partial charge in [0, 0.05) is 45.2 Å². The first-order valence-electron chi connectivity index (χ1n) is 7.82. The molecular formula is C16H26N2O2S. The summed E-state index contributed by atoms with van der Waals surface area (Å²) >= 11 is 1.79. The zero-order valence-electron chi connectivity index (χ0n) is 12.9. The lowest BCUT2D eigenvalue weighted by Gasteiger charge is -2.32. The summed E-state index contributed by atoms with van der Waals surface area (Å²) < 4.78 is 11.2. The van der Waals surface area contributed by atoms with E-state index < -0.39 is 0 Å². The molecule has 1 atom stereocenters. The number of hydrogen-bond donors (Lipinski definition) is 0. The van der Waals surface area contributed by atoms with Crippen LogP contribution < -0.4 is 0 Å². The van der Waals surface area contributed by atoms with Crippen molar-refractivity contribution in [1.82, 2.24) is 9.80 Å². The normalized spacial score (nSPS) is 28.2. The molecule has 118 valence electrons. The van der Waals surface area contributed by atoms with Gasteiger partial charge in [0.25, 0.3) is 0 Å². The van der Waals surface area contributed by atoms with E-state index in [-0.39, 0.29) is 0 Å². The molecule has 21 heavy (non-hydrogen) atoms. The first kappa shape index (κ1) is 15.4. The Kier molecular flexibility index (Phi) is 5.29. The van der Waals surface area contributed by atoms with Crippen LogP contribution >= 0.6 is 11.3 Å². The molecule has 2 aliphatic rings. The largest absolute Gasteiger partial charge is 0.383 e. The third-order valence-corrected chi connectivity index (χ3v) is 5.37. The third kappa shape index (κ3) is 4.05. The highest BCUT2D eigenvalue weighted by Gasteiger charge is 2.40. The molecule has 1 aromatic rings. The molecular weight excluding hydrogens is 284 g/mol. The summed E-state index contributed by atoms with van der Waals surface area (Å²) in [6.45, 7) is 9.25. The molecule has 0 saturated carbocycles. The fourth-order valence-electron chi connectivity index (χ4n) is 3.54. The lowest BCUT2D eigenvalue weighted by molar-refractivity contribution is 0.0682. The maximum atomic E-state index is 5.94. The Labute approximate surface area is 131 Å². The topological polar surface area (TPSA) is 24.9 Å². The zero-order chi connectivity index (χ0) is 14.5. The molecule has 0 radical (unpaired) electrons. The highest BCUT2D eigenvalue weighted by Crippen LogP contribution is 2.33. The summed E-state index contributed by atoms with van der Waals surface area (Å²) in [5, 5.41) is 4.43. The van der Waals surface area contributed by atoms with Gasteiger partial charge >= 0.3 is 0 Å². The van der Waals surface area contributed by atoms with E-state index in [9.17, 15) is 0 Å². The molecule has 0 N–H and O–H groups in total. The van der Waals surface area contributed by atoms with E-state index in [1.165, 1.54) is 18.5 Å². The predicted molar refractivity (Wildman–Crippen MR) is 85.8 cm³/mol. The molecule has 3 rings (SSSR count). The van der Waals surface area contributed by atoms with E-state index in [1.807, 2.05) is 0 Å². The Morgan fingerprint density at radius 2 is 2.24 bits per heavy atom. The summed E-state index contributed by atoms with van der Waals surface area (Å²) in [5.41, 5.74) is 1.76. The summed E-state index contributed by atoms with van der Waals surface area (Å²) in [5.74, 6) is 0. The van der Waals surface area contributed by atoms with E-state index in [0.29, 0.717) is 5.41 Å². The number of hydrogen-bond acceptors (Lipinski definition) is 5. The second-order valence-corrected chi connectivity index (χ2v) is 7.19. The zero-order valence-corrected chi connectivity index (χ0v) is 13.7. The van der Waals surface area contributed by atoms with Crippen LogP contribution in [-0.2, 0) is 16.0 Å². The second kappa shape index (κ2) is 7.20. The first-order chi connectivity index (χ1) is 10.3. The molecule has 5 heteroatoms. The summed E-state index contributed by atoms with van der Waals surface area (Å²) in [7, 11) is 1.78. The van der Waals surface area contributed by atoms with Crippen molar-refractivity contribution in [1.29, 1.82) is 0 Å². The van der Waals surface area contributed by atoms with Gasteiger partial charge in [-0.15, -0.1) is 0 Å². The van der Waals surface area contributed by atoms with Gasteiger partial charge in [-0.2, -0.15) is 11.3 Å². The van der Waals surface area contributed by atoms with Crippen LogP contribution in [0.5, 0.6) is 0 Å². The highest BCUT2D eigenvalue weighted by molar-refractivity contribution is 7.07. The van der Waals surface area contributed by atoms with Gasteiger partial charge < -0.3 is 14.4 Å². The van der Waals surface area contributed by atoms with Crippen molar-refractivity contribution in [2.75, 3.05) is 59.7 Å². The van der Waals surface area contributed by atoms with Gasteiger partial charge in [-0.3, -0.25) is 4.90 Å². The average molecular weight is 310 g/mol. The maximum absolute atomic E-state index is 5.94. The van der Waals surface area contributed by atoms with Crippen molar-refractivity contribution in [3.05, 3.63) is 22.4 Å². The van der Waals surface area contributed by atoms with Gasteiger partial charge in [0.2, 0.25) is 0 Å². The average Bonchev–Trinajstić information content (AvgIpc) is 3.07. The Morgan fingerprint density at radius 3 is 3.05 bits per heavy atom. The van der Waals surface area contributed by atoms with Gasteiger partial charge in [0.1, 0.15) is 0 Å². The number of rotatable bonds is 5. The van der Waals surface area contributed by atoms with E-state index in [0.717, 1.165) is 52.5 Å². The van der Waals surface area contributed by atoms with E-state index in [4.69, 9.17) is 9.47 Å². The number of ether oxygens (including phenoxy) is 2. The van der Waals surface area contributed by atoms with Gasteiger partial charge in [-0.05, 0) is 35.4 Å². The van der Waals surface area contributed by atoms with Gasteiger partial charge in [0.05, 0.1) is 19.8 Å². The van der Waals surface area contributed by atoms with Crippen molar-refractivity contribution < 1.29 is 9.47 Å². The monoisotopic (exact) mass is 310 g/mol. The molecule has 1 aromatic heterocycles. The van der Waals surface area contributed by atoms with Gasteiger partial charge in [0.15, 0.2) is 0 Å². The van der Waals surface area contributed by atoms with Crippen LogP contribution in [0.25, 0.3) is 0 Å². The van der Waals surface area contributed by atoms with E-state index in [1.54, 1.807) is 18.4 Å². The number of methoxy groups -OCH3 is 1. The van der Waals surface area contributed by atoms with Crippen molar-refractivity contribution >= 4 is 11.3 Å². The van der Waals surface area contributed by atoms with Crippen molar-refractivity contribution in [3.63, 3.8) is 0 Å². The molecule has 2 fully saturated rings. The van der Waals surface area contributed by atoms with Crippen LogP contribution in [0.3, 0.4) is 0 Å². The summed E-state index contributed by atoms with van der Waals surface area (Å²) in [6, 6.07) is 2.24. The molecule has 0 aromatic carbocycles. The highest BCUT2D eigenvalue weighted by atomic mass is 32.1. The minimum Gasteiger partial charge on any atom is -0.383 e. The molecule has 4 nitrogen and oxygen atoms in total. The lowest BCUT2D eigenvalue weighted by Crippen LogP contribution is -2.40. The van der Waals surface area contributed by atoms with Crippen LogP contribution in [-0.4, -0.2) is 69.5 Å². The molecule has 2 saturated heterocycles. The predicted octanol–water partition coefficient (Wildman–Crippen LogP) is 1.92. The maximum Gasteiger partial charge on any atom is 0.0593 e. The van der Waals surface area contributed by atoms with Crippen molar-refractivity contribution in [2.45, 2.75) is 13.0 Å². The van der Waals surface area contributed by atoms with Crippen LogP contribution in [0.2, 0.25) is 0 Å². The Bertz CT molecular complexity index is 426. The number of thiophene rings is 1. The third-order valence-electron chi connectivity index (χ3n) is 4.63. The minimum absolute atomic E-state index is 0.320. The molecule has 1 unspecified atom stereocenters. The van der Waals surface area contributed by atoms with Crippen LogP contribution in [0.15, 0.2) is 16.8 Å². The van der Waals surface area contributed by atoms with Crippen molar-refractivity contribution in [3.8, 4) is 0 Å². The lowest BCUT2D eigenvalue weighted by atomic mass is 9.87. The van der Waals surface area contributed by atoms with Crippen LogP contribution in [0.1, 0.15) is 12.0 Å². The molecule has 3 heterocycles. The minimum atomic E-state index is 0.320. The fourth-order valence-corrected chi connectivity index (χ4v) is 4.20. The van der Waals surface area contributed by atoms with E-state index in [2.05, 4.69) is 26.6 Å². The Morgan fingerprint density at radius 1 is 1.33 bits per heavy atom. The summed E-state index contributed by atoms with van der Waals surface area (Å²) in [6.07, 6.45) is 1.25. The van der Waals surface area contributed by atoms with Crippen LogP contribution in [0.4, 0.5) is 0 Å². The molecule has 0 aliphatic carbocycles. The SMILES string of the molecule is COCCN1CCC2(COCCN(Cc3ccsc3)C2)C1. The smallest absolute Gasteiger partial charge is 0.0593 e. The summed E-state index contributed by atoms with van der Waals surface area (Å²) in [4.78, 5) is 5.11. The first-order valence-corrected chi connectivity index (χ1v) is 8.76. The Balaban J connectivity index is 1.59. The fraction of sp³-hybridized carbons (Fsp3) is 0.750. The van der Waals surface area contributed by atoms with Gasteiger partial charge in [-0.25, -0.2) is 0 Å². The van der Waals surface area contributed by atoms with Gasteiger partial charge in [-0.1, -0.05) is 0 Å². The molecule has 0 bridgehead atoms. The standard InChI is InChI=1S/C16H26N2O2S/c1-19-7-5-17-4-3-16(12-17)13-18(6-8-20-14-16)10-15-2-9-21-11-15/h2,9,11H,3-8,10,12-14H2,1H3. The van der Waals surface area contributed by atoms with Crippen LogP contribution in [0, 0.1) is 5.41 Å². The molecule has 2 aliphatic heterocycles.